The molecule has 0 atom stereocenters. The second kappa shape index (κ2) is 4.30. The number of hydrogen-bond donors (Lipinski definition) is 0. The number of rotatable bonds is 2. The Bertz CT molecular complexity index is 541. The van der Waals surface area contributed by atoms with Crippen molar-refractivity contribution in [3.63, 3.8) is 0 Å². The van der Waals surface area contributed by atoms with Crippen molar-refractivity contribution in [3.05, 3.63) is 41.1 Å². The Kier molecular flexibility index (Phi) is 2.84. The summed E-state index contributed by atoms with van der Waals surface area (Å²) >= 11 is 6.15. The van der Waals surface area contributed by atoms with E-state index in [4.69, 9.17) is 26.0 Å². The molecule has 1 aromatic heterocycles. The van der Waals surface area contributed by atoms with E-state index in [0.29, 0.717) is 27.7 Å². The third-order valence-electron chi connectivity index (χ3n) is 2.21. The molecule has 0 aliphatic heterocycles. The molecule has 0 N–H and O–H groups in total. The average Bonchev–Trinajstić information content (AvgIpc) is 2.81. The normalized spacial score (nSPS) is 9.81. The summed E-state index contributed by atoms with van der Waals surface area (Å²) in [6, 6.07) is 8.89. The summed E-state index contributed by atoms with van der Waals surface area (Å²) in [6.45, 7) is 0. The number of nitriles is 1. The molecule has 0 unspecified atom stereocenters. The van der Waals surface area contributed by atoms with Crippen LogP contribution >= 0.6 is 11.6 Å². The topological polar surface area (TPSA) is 46.2 Å². The molecule has 0 saturated carbocycles. The van der Waals surface area contributed by atoms with Crippen LogP contribution in [0.2, 0.25) is 5.02 Å². The fraction of sp³-hybridized carbons (Fsp3) is 0.0833. The van der Waals surface area contributed by atoms with Crippen molar-refractivity contribution in [2.75, 3.05) is 7.11 Å². The molecule has 0 spiro atoms. The summed E-state index contributed by atoms with van der Waals surface area (Å²) < 4.78 is 10.4. The summed E-state index contributed by atoms with van der Waals surface area (Å²) in [4.78, 5) is 0. The van der Waals surface area contributed by atoms with Gasteiger partial charge in [-0.1, -0.05) is 11.6 Å². The summed E-state index contributed by atoms with van der Waals surface area (Å²) in [5.74, 6) is 1.08. The molecule has 1 heterocycles. The van der Waals surface area contributed by atoms with Crippen LogP contribution in [0.15, 0.2) is 34.9 Å². The maximum absolute atomic E-state index is 9.01. The van der Waals surface area contributed by atoms with Gasteiger partial charge in [-0.2, -0.15) is 5.26 Å². The van der Waals surface area contributed by atoms with Crippen LogP contribution in [0.5, 0.6) is 5.75 Å². The first-order valence-electron chi connectivity index (χ1n) is 4.58. The SMILES string of the molecule is COc1ccc(C#N)c(-c2ccco2)c1Cl. The van der Waals surface area contributed by atoms with Crippen LogP contribution in [0.3, 0.4) is 0 Å². The highest BCUT2D eigenvalue weighted by atomic mass is 35.5. The summed E-state index contributed by atoms with van der Waals surface area (Å²) in [5, 5.41) is 9.40. The van der Waals surface area contributed by atoms with E-state index >= 15 is 0 Å². The maximum Gasteiger partial charge on any atom is 0.138 e. The minimum atomic E-state index is 0.386. The first kappa shape index (κ1) is 10.6. The molecule has 0 radical (unpaired) electrons. The minimum Gasteiger partial charge on any atom is -0.495 e. The zero-order valence-corrected chi connectivity index (χ0v) is 9.28. The molecule has 0 aliphatic rings. The molecule has 3 nitrogen and oxygen atoms in total. The molecule has 2 aromatic rings. The third kappa shape index (κ3) is 1.64. The van der Waals surface area contributed by atoms with E-state index in [-0.39, 0.29) is 0 Å². The largest absolute Gasteiger partial charge is 0.495 e. The Hall–Kier alpha value is -1.92. The molecular formula is C12H8ClNO2. The number of nitrogens with zero attached hydrogens (tertiary/aromatic N) is 1. The van der Waals surface area contributed by atoms with Crippen molar-refractivity contribution in [2.24, 2.45) is 0 Å². The first-order chi connectivity index (χ1) is 7.77. The van der Waals surface area contributed by atoms with E-state index in [9.17, 15) is 0 Å². The van der Waals surface area contributed by atoms with Gasteiger partial charge < -0.3 is 9.15 Å². The van der Waals surface area contributed by atoms with Crippen LogP contribution in [0.4, 0.5) is 0 Å². The number of hydrogen-bond acceptors (Lipinski definition) is 3. The highest BCUT2D eigenvalue weighted by molar-refractivity contribution is 6.35. The number of methoxy groups -OCH3 is 1. The quantitative estimate of drug-likeness (QED) is 0.798. The number of halogens is 1. The third-order valence-corrected chi connectivity index (χ3v) is 2.59. The monoisotopic (exact) mass is 233 g/mol. The Morgan fingerprint density at radius 1 is 1.38 bits per heavy atom. The molecular weight excluding hydrogens is 226 g/mol. The van der Waals surface area contributed by atoms with Gasteiger partial charge >= 0.3 is 0 Å². The Morgan fingerprint density at radius 3 is 2.75 bits per heavy atom. The van der Waals surface area contributed by atoms with Crippen molar-refractivity contribution < 1.29 is 9.15 Å². The second-order valence-electron chi connectivity index (χ2n) is 3.09. The number of furan rings is 1. The van der Waals surface area contributed by atoms with Crippen molar-refractivity contribution in [2.45, 2.75) is 0 Å². The maximum atomic E-state index is 9.01. The molecule has 1 aromatic carbocycles. The van der Waals surface area contributed by atoms with Crippen molar-refractivity contribution in [1.29, 1.82) is 5.26 Å². The number of ether oxygens (including phenoxy) is 1. The summed E-state index contributed by atoms with van der Waals surface area (Å²) in [6.07, 6.45) is 1.53. The van der Waals surface area contributed by atoms with Crippen molar-refractivity contribution in [3.8, 4) is 23.1 Å². The lowest BCUT2D eigenvalue weighted by Gasteiger charge is -2.08. The van der Waals surface area contributed by atoms with Crippen LogP contribution in [-0.4, -0.2) is 7.11 Å². The van der Waals surface area contributed by atoms with E-state index in [1.165, 1.54) is 13.4 Å². The molecule has 16 heavy (non-hydrogen) atoms. The first-order valence-corrected chi connectivity index (χ1v) is 4.96. The predicted octanol–water partition coefficient (Wildman–Crippen LogP) is 3.48. The van der Waals surface area contributed by atoms with Gasteiger partial charge in [0.05, 0.1) is 35.6 Å². The lowest BCUT2D eigenvalue weighted by atomic mass is 10.1. The molecule has 80 valence electrons. The average molecular weight is 234 g/mol. The Morgan fingerprint density at radius 2 is 2.19 bits per heavy atom. The van der Waals surface area contributed by atoms with Gasteiger partial charge in [0.1, 0.15) is 11.5 Å². The summed E-state index contributed by atoms with van der Waals surface area (Å²) in [7, 11) is 1.53. The van der Waals surface area contributed by atoms with Gasteiger partial charge in [0.2, 0.25) is 0 Å². The van der Waals surface area contributed by atoms with Gasteiger partial charge in [-0.05, 0) is 24.3 Å². The van der Waals surface area contributed by atoms with E-state index in [2.05, 4.69) is 6.07 Å². The predicted molar refractivity (Wildman–Crippen MR) is 60.4 cm³/mol. The van der Waals surface area contributed by atoms with Crippen LogP contribution < -0.4 is 4.74 Å². The molecule has 0 bridgehead atoms. The Labute approximate surface area is 97.8 Å². The lowest BCUT2D eigenvalue weighted by Crippen LogP contribution is -1.90. The minimum absolute atomic E-state index is 0.386. The molecule has 0 fully saturated rings. The fourth-order valence-corrected chi connectivity index (χ4v) is 1.80. The zero-order chi connectivity index (χ0) is 11.5. The standard InChI is InChI=1S/C12H8ClNO2/c1-15-10-5-4-8(7-14)11(12(10)13)9-3-2-6-16-9/h2-6H,1H3. The van der Waals surface area contributed by atoms with Gasteiger partial charge in [-0.3, -0.25) is 0 Å². The summed E-state index contributed by atoms with van der Waals surface area (Å²) in [5.41, 5.74) is 1.02. The zero-order valence-electron chi connectivity index (χ0n) is 8.53. The van der Waals surface area contributed by atoms with Gasteiger partial charge in [0, 0.05) is 0 Å². The van der Waals surface area contributed by atoms with Crippen LogP contribution in [0.1, 0.15) is 5.56 Å². The van der Waals surface area contributed by atoms with E-state index in [1.54, 1.807) is 24.3 Å². The van der Waals surface area contributed by atoms with Gasteiger partial charge in [-0.15, -0.1) is 0 Å². The highest BCUT2D eigenvalue weighted by Gasteiger charge is 2.15. The van der Waals surface area contributed by atoms with Gasteiger partial charge in [0.15, 0.2) is 0 Å². The molecule has 4 heteroatoms. The van der Waals surface area contributed by atoms with Gasteiger partial charge in [0.25, 0.3) is 0 Å². The van der Waals surface area contributed by atoms with Gasteiger partial charge in [-0.25, -0.2) is 0 Å². The lowest BCUT2D eigenvalue weighted by molar-refractivity contribution is 0.415. The fourth-order valence-electron chi connectivity index (χ4n) is 1.47. The molecule has 0 amide bonds. The molecule has 0 aliphatic carbocycles. The van der Waals surface area contributed by atoms with Crippen molar-refractivity contribution in [1.82, 2.24) is 0 Å². The van der Waals surface area contributed by atoms with Crippen molar-refractivity contribution >= 4 is 11.6 Å². The van der Waals surface area contributed by atoms with Crippen LogP contribution in [-0.2, 0) is 0 Å². The molecule has 0 saturated heterocycles. The number of benzene rings is 1. The molecule has 2 rings (SSSR count). The van der Waals surface area contributed by atoms with Crippen LogP contribution in [0, 0.1) is 11.3 Å². The Balaban J connectivity index is 2.71. The van der Waals surface area contributed by atoms with E-state index in [0.717, 1.165) is 0 Å². The second-order valence-corrected chi connectivity index (χ2v) is 3.47. The van der Waals surface area contributed by atoms with Crippen LogP contribution in [0.25, 0.3) is 11.3 Å². The van der Waals surface area contributed by atoms with E-state index < -0.39 is 0 Å². The van der Waals surface area contributed by atoms with E-state index in [1.807, 2.05) is 0 Å². The highest BCUT2D eigenvalue weighted by Crippen LogP contribution is 2.37. The smallest absolute Gasteiger partial charge is 0.138 e.